The van der Waals surface area contributed by atoms with Gasteiger partial charge in [0.2, 0.25) is 0 Å². The molecular formula is C5H11BrN4. The van der Waals surface area contributed by atoms with Gasteiger partial charge in [-0.05, 0) is 6.92 Å². The first-order chi connectivity index (χ1) is 4.86. The van der Waals surface area contributed by atoms with Crippen LogP contribution in [0.15, 0.2) is 10.4 Å². The van der Waals surface area contributed by atoms with Gasteiger partial charge in [0.1, 0.15) is 6.67 Å². The van der Waals surface area contributed by atoms with Crippen LogP contribution in [-0.2, 0) is 0 Å². The van der Waals surface area contributed by atoms with Crippen molar-refractivity contribution in [2.45, 2.75) is 6.92 Å². The maximum atomic E-state index is 3.93. The van der Waals surface area contributed by atoms with Crippen molar-refractivity contribution in [1.29, 1.82) is 0 Å². The summed E-state index contributed by atoms with van der Waals surface area (Å²) in [7, 11) is 0. The van der Waals surface area contributed by atoms with Crippen molar-refractivity contribution >= 4 is 15.9 Å². The summed E-state index contributed by atoms with van der Waals surface area (Å²) < 4.78 is 0. The van der Waals surface area contributed by atoms with E-state index in [2.05, 4.69) is 33.3 Å². The summed E-state index contributed by atoms with van der Waals surface area (Å²) in [4.78, 5) is 0. The largest absolute Gasteiger partial charge is 0.256 e. The Morgan fingerprint density at radius 2 is 2.10 bits per heavy atom. The highest BCUT2D eigenvalue weighted by Crippen LogP contribution is 2.05. The molecule has 5 heteroatoms. The summed E-state index contributed by atoms with van der Waals surface area (Å²) in [5.74, 6) is 0. The van der Waals surface area contributed by atoms with Gasteiger partial charge in [0, 0.05) is 18.4 Å². The normalized spacial score (nSPS) is 17.0. The van der Waals surface area contributed by atoms with Crippen molar-refractivity contribution in [3.8, 4) is 0 Å². The molecule has 0 saturated heterocycles. The van der Waals surface area contributed by atoms with Crippen LogP contribution in [0.2, 0.25) is 0 Å². The molecule has 1 aliphatic heterocycles. The Balaban J connectivity index is 2.24. The van der Waals surface area contributed by atoms with Gasteiger partial charge >= 0.3 is 0 Å². The molecule has 58 valence electrons. The minimum Gasteiger partial charge on any atom is -0.256 e. The first-order valence-electron chi connectivity index (χ1n) is 3.34. The third-order valence-corrected chi connectivity index (χ3v) is 1.68. The molecule has 0 aromatic heterocycles. The molecule has 1 aliphatic rings. The highest BCUT2D eigenvalue weighted by atomic mass is 79.9. The van der Waals surface area contributed by atoms with Gasteiger partial charge in [0.05, 0.1) is 0 Å². The first kappa shape index (κ1) is 7.78. The molecule has 0 unspecified atom stereocenters. The van der Waals surface area contributed by atoms with Crippen LogP contribution in [0.4, 0.5) is 0 Å². The van der Waals surface area contributed by atoms with Crippen molar-refractivity contribution in [2.75, 3.05) is 25.1 Å². The van der Waals surface area contributed by atoms with E-state index in [1.165, 1.54) is 0 Å². The SMILES string of the molecule is CCN1CN(CCBr)N=N1. The zero-order chi connectivity index (χ0) is 7.40. The third kappa shape index (κ3) is 1.83. The fourth-order valence-electron chi connectivity index (χ4n) is 0.734. The van der Waals surface area contributed by atoms with E-state index in [1.54, 1.807) is 0 Å². The molecule has 0 aromatic rings. The number of hydrogen-bond acceptors (Lipinski definition) is 4. The molecule has 0 bridgehead atoms. The van der Waals surface area contributed by atoms with E-state index in [0.717, 1.165) is 25.1 Å². The number of halogens is 1. The van der Waals surface area contributed by atoms with Crippen LogP contribution in [0.1, 0.15) is 6.92 Å². The Morgan fingerprint density at radius 1 is 1.40 bits per heavy atom. The van der Waals surface area contributed by atoms with Gasteiger partial charge in [-0.1, -0.05) is 26.4 Å². The minimum atomic E-state index is 0.835. The average Bonchev–Trinajstić information content (AvgIpc) is 2.37. The van der Waals surface area contributed by atoms with Crippen LogP contribution < -0.4 is 0 Å². The fourth-order valence-corrected chi connectivity index (χ4v) is 1.14. The topological polar surface area (TPSA) is 31.2 Å². The van der Waals surface area contributed by atoms with Crippen LogP contribution in [0, 0.1) is 0 Å². The number of hydrogen-bond donors (Lipinski definition) is 0. The Bertz CT molecular complexity index is 127. The lowest BCUT2D eigenvalue weighted by Crippen LogP contribution is -2.26. The van der Waals surface area contributed by atoms with E-state index in [9.17, 15) is 0 Å². The standard InChI is InChI=1S/C5H11BrN4/c1-2-9-5-10(4-3-6)8-7-9/h2-5H2,1H3. The van der Waals surface area contributed by atoms with Crippen molar-refractivity contribution < 1.29 is 0 Å². The van der Waals surface area contributed by atoms with E-state index in [4.69, 9.17) is 0 Å². The second-order valence-electron chi connectivity index (χ2n) is 2.06. The van der Waals surface area contributed by atoms with E-state index in [1.807, 2.05) is 10.0 Å². The number of alkyl halides is 1. The molecule has 1 rings (SSSR count). The molecule has 0 N–H and O–H groups in total. The van der Waals surface area contributed by atoms with Crippen LogP contribution in [0.5, 0.6) is 0 Å². The lowest BCUT2D eigenvalue weighted by Gasteiger charge is -2.12. The van der Waals surface area contributed by atoms with Gasteiger partial charge in [-0.3, -0.25) is 10.0 Å². The Labute approximate surface area is 69.0 Å². The summed E-state index contributed by atoms with van der Waals surface area (Å²) in [5.41, 5.74) is 0. The van der Waals surface area contributed by atoms with E-state index >= 15 is 0 Å². The van der Waals surface area contributed by atoms with E-state index < -0.39 is 0 Å². The van der Waals surface area contributed by atoms with Crippen LogP contribution in [-0.4, -0.2) is 35.1 Å². The molecule has 0 fully saturated rings. The molecule has 0 atom stereocenters. The van der Waals surface area contributed by atoms with Crippen LogP contribution in [0.3, 0.4) is 0 Å². The molecule has 0 spiro atoms. The molecule has 4 nitrogen and oxygen atoms in total. The zero-order valence-corrected chi connectivity index (χ0v) is 7.58. The second-order valence-corrected chi connectivity index (χ2v) is 2.86. The highest BCUT2D eigenvalue weighted by molar-refractivity contribution is 9.09. The first-order valence-corrected chi connectivity index (χ1v) is 4.46. The summed E-state index contributed by atoms with van der Waals surface area (Å²) in [5, 5.41) is 12.6. The van der Waals surface area contributed by atoms with Crippen molar-refractivity contribution in [1.82, 2.24) is 10.0 Å². The third-order valence-electron chi connectivity index (χ3n) is 1.33. The fraction of sp³-hybridized carbons (Fsp3) is 1.00. The molecule has 0 amide bonds. The number of nitrogens with zero attached hydrogens (tertiary/aromatic N) is 4. The quantitative estimate of drug-likeness (QED) is 0.652. The minimum absolute atomic E-state index is 0.835. The van der Waals surface area contributed by atoms with Gasteiger partial charge in [-0.2, -0.15) is 0 Å². The number of rotatable bonds is 3. The highest BCUT2D eigenvalue weighted by Gasteiger charge is 2.11. The maximum Gasteiger partial charge on any atom is 0.126 e. The van der Waals surface area contributed by atoms with Crippen molar-refractivity contribution in [2.24, 2.45) is 10.4 Å². The predicted molar refractivity (Wildman–Crippen MR) is 42.6 cm³/mol. The summed E-state index contributed by atoms with van der Waals surface area (Å²) >= 11 is 3.34. The van der Waals surface area contributed by atoms with E-state index in [0.29, 0.717) is 0 Å². The second kappa shape index (κ2) is 3.75. The van der Waals surface area contributed by atoms with Gasteiger partial charge in [-0.15, -0.1) is 0 Å². The smallest absolute Gasteiger partial charge is 0.126 e. The molecule has 0 aromatic carbocycles. The van der Waals surface area contributed by atoms with Gasteiger partial charge in [-0.25, -0.2) is 0 Å². The van der Waals surface area contributed by atoms with Crippen LogP contribution in [0.25, 0.3) is 0 Å². The van der Waals surface area contributed by atoms with E-state index in [-0.39, 0.29) is 0 Å². The van der Waals surface area contributed by atoms with Gasteiger partial charge < -0.3 is 0 Å². The summed E-state index contributed by atoms with van der Waals surface area (Å²) in [6.45, 7) is 4.76. The Morgan fingerprint density at radius 3 is 2.60 bits per heavy atom. The van der Waals surface area contributed by atoms with Crippen molar-refractivity contribution in [3.63, 3.8) is 0 Å². The predicted octanol–water partition coefficient (Wildman–Crippen LogP) is 1.26. The molecule has 0 aliphatic carbocycles. The molecule has 0 radical (unpaired) electrons. The van der Waals surface area contributed by atoms with Gasteiger partial charge in [0.15, 0.2) is 0 Å². The molecular weight excluding hydrogens is 196 g/mol. The van der Waals surface area contributed by atoms with Crippen LogP contribution >= 0.6 is 15.9 Å². The average molecular weight is 207 g/mol. The van der Waals surface area contributed by atoms with Gasteiger partial charge in [0.25, 0.3) is 0 Å². The summed E-state index contributed by atoms with van der Waals surface area (Å²) in [6.07, 6.45) is 0. The molecule has 1 heterocycles. The summed E-state index contributed by atoms with van der Waals surface area (Å²) in [6, 6.07) is 0. The monoisotopic (exact) mass is 206 g/mol. The zero-order valence-electron chi connectivity index (χ0n) is 6.00. The Hall–Kier alpha value is -0.320. The Kier molecular flexibility index (Phi) is 2.92. The lowest BCUT2D eigenvalue weighted by atomic mass is 10.7. The van der Waals surface area contributed by atoms with Crippen molar-refractivity contribution in [3.05, 3.63) is 0 Å². The molecule has 10 heavy (non-hydrogen) atoms. The molecule has 0 saturated carbocycles. The lowest BCUT2D eigenvalue weighted by molar-refractivity contribution is 0.228. The maximum absolute atomic E-state index is 3.93.